The molecule has 0 saturated heterocycles. The zero-order valence-corrected chi connectivity index (χ0v) is 6.08. The summed E-state index contributed by atoms with van der Waals surface area (Å²) in [7, 11) is 0. The van der Waals surface area contributed by atoms with Gasteiger partial charge in [0.2, 0.25) is 5.88 Å². The Bertz CT molecular complexity index is 234. The van der Waals surface area contributed by atoms with Gasteiger partial charge in [-0.3, -0.25) is 4.79 Å². The Kier molecular flexibility index (Phi) is 2.88. The van der Waals surface area contributed by atoms with Crippen molar-refractivity contribution < 1.29 is 5.11 Å². The molecule has 50 valence electrons. The molecule has 1 aromatic heterocycles. The van der Waals surface area contributed by atoms with Gasteiger partial charge in [0, 0.05) is 0 Å². The summed E-state index contributed by atoms with van der Waals surface area (Å²) < 4.78 is 0. The van der Waals surface area contributed by atoms with Crippen LogP contribution >= 0.6 is 9.90 Å². The van der Waals surface area contributed by atoms with E-state index in [0.29, 0.717) is 0 Å². The molecule has 0 bridgehead atoms. The Balaban J connectivity index is 0.000000640. The van der Waals surface area contributed by atoms with Crippen molar-refractivity contribution in [2.75, 3.05) is 0 Å². The summed E-state index contributed by atoms with van der Waals surface area (Å²) in [6, 6.07) is 1.00. The van der Waals surface area contributed by atoms with Gasteiger partial charge < -0.3 is 10.1 Å². The van der Waals surface area contributed by atoms with Gasteiger partial charge in [-0.05, 0) is 0 Å². The SMILES string of the molecule is O=c1cc(O)nc[nH]1.P. The highest BCUT2D eigenvalue weighted by atomic mass is 31.0. The number of aromatic hydroxyl groups is 1. The Labute approximate surface area is 54.6 Å². The molecule has 1 unspecified atom stereocenters. The van der Waals surface area contributed by atoms with Gasteiger partial charge in [-0.1, -0.05) is 0 Å². The van der Waals surface area contributed by atoms with Crippen molar-refractivity contribution in [3.63, 3.8) is 0 Å². The molecule has 0 spiro atoms. The molecule has 0 radical (unpaired) electrons. The standard InChI is InChI=1S/C4H4N2O2.H3P/c7-3-1-4(8)6-2-5-3;/h1-2H,(H2,5,6,7,8);1H3. The average molecular weight is 146 g/mol. The Hall–Kier alpha value is -0.890. The maximum absolute atomic E-state index is 10.2. The number of rotatable bonds is 0. The monoisotopic (exact) mass is 146 g/mol. The van der Waals surface area contributed by atoms with Gasteiger partial charge in [0.15, 0.2) is 0 Å². The first-order valence-corrected chi connectivity index (χ1v) is 2.03. The van der Waals surface area contributed by atoms with Gasteiger partial charge in [0.1, 0.15) is 0 Å². The van der Waals surface area contributed by atoms with Crippen LogP contribution in [0.5, 0.6) is 5.88 Å². The van der Waals surface area contributed by atoms with E-state index in [1.165, 1.54) is 0 Å². The molecule has 1 heterocycles. The minimum Gasteiger partial charge on any atom is -0.493 e. The summed E-state index contributed by atoms with van der Waals surface area (Å²) >= 11 is 0. The number of nitrogens with zero attached hydrogens (tertiary/aromatic N) is 1. The highest BCUT2D eigenvalue weighted by Gasteiger charge is 1.84. The summed E-state index contributed by atoms with van der Waals surface area (Å²) in [5.41, 5.74) is -0.350. The van der Waals surface area contributed by atoms with E-state index in [1.54, 1.807) is 0 Å². The molecule has 5 heteroatoms. The molecule has 1 rings (SSSR count). The molecule has 0 aliphatic carbocycles. The fraction of sp³-hybridized carbons (Fsp3) is 0. The molecule has 2 N–H and O–H groups in total. The lowest BCUT2D eigenvalue weighted by Crippen LogP contribution is -2.01. The van der Waals surface area contributed by atoms with Gasteiger partial charge in [-0.25, -0.2) is 4.98 Å². The molecule has 0 aliphatic rings. The molecular formula is C4H7N2O2P. The van der Waals surface area contributed by atoms with E-state index < -0.39 is 0 Å². The molecule has 0 aliphatic heterocycles. The molecule has 9 heavy (non-hydrogen) atoms. The van der Waals surface area contributed by atoms with E-state index in [4.69, 9.17) is 5.11 Å². The third kappa shape index (κ3) is 2.24. The van der Waals surface area contributed by atoms with Crippen molar-refractivity contribution in [3.8, 4) is 5.88 Å². The van der Waals surface area contributed by atoms with Crippen LogP contribution in [0.2, 0.25) is 0 Å². The summed E-state index contributed by atoms with van der Waals surface area (Å²) in [6.07, 6.45) is 1.14. The number of hydrogen-bond acceptors (Lipinski definition) is 3. The van der Waals surface area contributed by atoms with E-state index in [2.05, 4.69) is 9.97 Å². The van der Waals surface area contributed by atoms with E-state index in [9.17, 15) is 4.79 Å². The first-order chi connectivity index (χ1) is 3.79. The number of nitrogens with one attached hydrogen (secondary N) is 1. The van der Waals surface area contributed by atoms with Crippen molar-refractivity contribution in [1.82, 2.24) is 9.97 Å². The quantitative estimate of drug-likeness (QED) is 0.486. The second kappa shape index (κ2) is 3.20. The normalized spacial score (nSPS) is 8.00. The van der Waals surface area contributed by atoms with Crippen LogP contribution in [0, 0.1) is 0 Å². The maximum atomic E-state index is 10.2. The lowest BCUT2D eigenvalue weighted by Gasteiger charge is -1.82. The predicted molar refractivity (Wildman–Crippen MR) is 37.6 cm³/mol. The first kappa shape index (κ1) is 8.11. The summed E-state index contributed by atoms with van der Waals surface area (Å²) in [5, 5.41) is 8.48. The zero-order valence-electron chi connectivity index (χ0n) is 4.66. The third-order valence-electron chi connectivity index (χ3n) is 0.664. The second-order valence-corrected chi connectivity index (χ2v) is 1.27. The topological polar surface area (TPSA) is 66.0 Å². The maximum Gasteiger partial charge on any atom is 0.254 e. The second-order valence-electron chi connectivity index (χ2n) is 1.27. The fourth-order valence-electron chi connectivity index (χ4n) is 0.358. The Morgan fingerprint density at radius 2 is 2.33 bits per heavy atom. The summed E-state index contributed by atoms with van der Waals surface area (Å²) in [5.74, 6) is -0.256. The third-order valence-corrected chi connectivity index (χ3v) is 0.664. The van der Waals surface area contributed by atoms with E-state index in [1.807, 2.05) is 0 Å². The van der Waals surface area contributed by atoms with E-state index in [-0.39, 0.29) is 21.3 Å². The molecule has 1 aromatic rings. The molecule has 4 nitrogen and oxygen atoms in total. The molecule has 0 fully saturated rings. The molecule has 0 amide bonds. The van der Waals surface area contributed by atoms with Crippen LogP contribution in [0.1, 0.15) is 0 Å². The highest BCUT2D eigenvalue weighted by molar-refractivity contribution is 6.92. The number of H-pyrrole nitrogens is 1. The minimum atomic E-state index is -0.350. The van der Waals surface area contributed by atoms with Crippen molar-refractivity contribution in [2.24, 2.45) is 0 Å². The van der Waals surface area contributed by atoms with Crippen LogP contribution in [0.4, 0.5) is 0 Å². The smallest absolute Gasteiger partial charge is 0.254 e. The average Bonchev–Trinajstić information content (AvgIpc) is 1.64. The lowest BCUT2D eigenvalue weighted by atomic mass is 10.6. The van der Waals surface area contributed by atoms with E-state index >= 15 is 0 Å². The minimum absolute atomic E-state index is 0. The van der Waals surface area contributed by atoms with Gasteiger partial charge in [-0.2, -0.15) is 9.90 Å². The van der Waals surface area contributed by atoms with Gasteiger partial charge in [-0.15, -0.1) is 0 Å². The van der Waals surface area contributed by atoms with Crippen LogP contribution < -0.4 is 5.56 Å². The van der Waals surface area contributed by atoms with Crippen molar-refractivity contribution in [2.45, 2.75) is 0 Å². The van der Waals surface area contributed by atoms with Crippen molar-refractivity contribution in [1.29, 1.82) is 0 Å². The highest BCUT2D eigenvalue weighted by Crippen LogP contribution is 1.90. The molecular weight excluding hydrogens is 139 g/mol. The number of aromatic nitrogens is 2. The van der Waals surface area contributed by atoms with E-state index in [0.717, 1.165) is 12.4 Å². The van der Waals surface area contributed by atoms with Crippen molar-refractivity contribution >= 4 is 9.90 Å². The predicted octanol–water partition coefficient (Wildman–Crippen LogP) is -0.466. The van der Waals surface area contributed by atoms with Crippen LogP contribution in [-0.2, 0) is 0 Å². The largest absolute Gasteiger partial charge is 0.493 e. The lowest BCUT2D eigenvalue weighted by molar-refractivity contribution is 0.451. The zero-order chi connectivity index (χ0) is 5.98. The fourth-order valence-corrected chi connectivity index (χ4v) is 0.358. The summed E-state index contributed by atoms with van der Waals surface area (Å²) in [4.78, 5) is 15.8. The molecule has 0 saturated carbocycles. The van der Waals surface area contributed by atoms with Gasteiger partial charge in [0.25, 0.3) is 5.56 Å². The Morgan fingerprint density at radius 1 is 1.67 bits per heavy atom. The van der Waals surface area contributed by atoms with Crippen LogP contribution in [0.15, 0.2) is 17.2 Å². The number of hydrogen-bond donors (Lipinski definition) is 2. The van der Waals surface area contributed by atoms with Crippen LogP contribution in [-0.4, -0.2) is 15.1 Å². The first-order valence-electron chi connectivity index (χ1n) is 2.03. The molecule has 0 aromatic carbocycles. The van der Waals surface area contributed by atoms with Gasteiger partial charge >= 0.3 is 0 Å². The van der Waals surface area contributed by atoms with Gasteiger partial charge in [0.05, 0.1) is 12.4 Å². The van der Waals surface area contributed by atoms with Crippen LogP contribution in [0.25, 0.3) is 0 Å². The van der Waals surface area contributed by atoms with Crippen LogP contribution in [0.3, 0.4) is 0 Å². The number of aromatic amines is 1. The molecule has 1 atom stereocenters. The van der Waals surface area contributed by atoms with Crippen molar-refractivity contribution in [3.05, 3.63) is 22.7 Å². The summed E-state index contributed by atoms with van der Waals surface area (Å²) in [6.45, 7) is 0. The Morgan fingerprint density at radius 3 is 2.67 bits per heavy atom.